The summed E-state index contributed by atoms with van der Waals surface area (Å²) in [6.07, 6.45) is -0.0522. The molecule has 18 heavy (non-hydrogen) atoms. The van der Waals surface area contributed by atoms with Crippen LogP contribution in [-0.4, -0.2) is 53.3 Å². The number of urea groups is 1. The molecule has 0 aliphatic carbocycles. The van der Waals surface area contributed by atoms with Gasteiger partial charge in [0.25, 0.3) is 0 Å². The molecule has 1 heterocycles. The lowest BCUT2D eigenvalue weighted by Gasteiger charge is -2.36. The van der Waals surface area contributed by atoms with Crippen LogP contribution in [0.3, 0.4) is 0 Å². The van der Waals surface area contributed by atoms with Gasteiger partial charge in [0.15, 0.2) is 0 Å². The van der Waals surface area contributed by atoms with E-state index in [0.717, 1.165) is 0 Å². The van der Waals surface area contributed by atoms with Crippen LogP contribution in [0, 0.1) is 5.92 Å². The van der Waals surface area contributed by atoms with Crippen LogP contribution in [-0.2, 0) is 9.53 Å². The molecule has 0 spiro atoms. The predicted molar refractivity (Wildman–Crippen MR) is 66.4 cm³/mol. The minimum absolute atomic E-state index is 0.0261. The average molecular weight is 258 g/mol. The normalized spacial score (nSPS) is 25.9. The SMILES string of the molecule is CC(C)[C@H](NC(=O)N1C[C@@H](C)O[C@@H](C)C1)C(=O)O. The fourth-order valence-corrected chi connectivity index (χ4v) is 2.08. The Hall–Kier alpha value is -1.30. The molecule has 2 N–H and O–H groups in total. The van der Waals surface area contributed by atoms with Crippen LogP contribution < -0.4 is 5.32 Å². The summed E-state index contributed by atoms with van der Waals surface area (Å²) >= 11 is 0. The largest absolute Gasteiger partial charge is 0.480 e. The number of carbonyl (C=O) groups is 2. The van der Waals surface area contributed by atoms with Crippen molar-refractivity contribution in [2.24, 2.45) is 5.92 Å². The van der Waals surface area contributed by atoms with Gasteiger partial charge < -0.3 is 20.1 Å². The molecule has 6 nitrogen and oxygen atoms in total. The molecule has 0 aromatic rings. The number of amides is 2. The molecule has 0 unspecified atom stereocenters. The minimum atomic E-state index is -1.01. The number of carboxylic acid groups (broad SMARTS) is 1. The second kappa shape index (κ2) is 6.04. The smallest absolute Gasteiger partial charge is 0.326 e. The summed E-state index contributed by atoms with van der Waals surface area (Å²) < 4.78 is 5.53. The molecule has 1 aliphatic rings. The zero-order chi connectivity index (χ0) is 13.9. The minimum Gasteiger partial charge on any atom is -0.480 e. The van der Waals surface area contributed by atoms with E-state index in [1.165, 1.54) is 0 Å². The first-order valence-corrected chi connectivity index (χ1v) is 6.25. The molecule has 0 aromatic heterocycles. The standard InChI is InChI=1S/C12H22N2O4/c1-7(2)10(11(15)16)13-12(17)14-5-8(3)18-9(4)6-14/h7-10H,5-6H2,1-4H3,(H,13,17)(H,15,16)/t8-,9+,10-/m0/s1. The van der Waals surface area contributed by atoms with Crippen LogP contribution in [0.1, 0.15) is 27.7 Å². The zero-order valence-corrected chi connectivity index (χ0v) is 11.3. The quantitative estimate of drug-likeness (QED) is 0.788. The molecule has 0 radical (unpaired) electrons. The van der Waals surface area contributed by atoms with Crippen LogP contribution in [0.5, 0.6) is 0 Å². The third kappa shape index (κ3) is 3.87. The molecular formula is C12H22N2O4. The predicted octanol–water partition coefficient (Wildman–Crippen LogP) is 0.914. The van der Waals surface area contributed by atoms with E-state index in [9.17, 15) is 9.59 Å². The maximum atomic E-state index is 12.0. The van der Waals surface area contributed by atoms with Crippen molar-refractivity contribution in [2.45, 2.75) is 45.9 Å². The summed E-state index contributed by atoms with van der Waals surface area (Å²) in [5.41, 5.74) is 0. The maximum absolute atomic E-state index is 12.0. The van der Waals surface area contributed by atoms with Gasteiger partial charge in [-0.25, -0.2) is 9.59 Å². The van der Waals surface area contributed by atoms with Gasteiger partial charge in [0, 0.05) is 13.1 Å². The Morgan fingerprint density at radius 3 is 2.17 bits per heavy atom. The average Bonchev–Trinajstić information content (AvgIpc) is 2.23. The number of ether oxygens (including phenoxy) is 1. The van der Waals surface area contributed by atoms with E-state index in [1.807, 2.05) is 13.8 Å². The number of aliphatic carboxylic acids is 1. The Morgan fingerprint density at radius 1 is 1.28 bits per heavy atom. The summed E-state index contributed by atoms with van der Waals surface area (Å²) in [6, 6.07) is -1.19. The number of nitrogens with zero attached hydrogens (tertiary/aromatic N) is 1. The molecule has 3 atom stereocenters. The molecule has 0 saturated carbocycles. The van der Waals surface area contributed by atoms with Gasteiger partial charge in [0.1, 0.15) is 6.04 Å². The van der Waals surface area contributed by atoms with Gasteiger partial charge in [-0.05, 0) is 19.8 Å². The molecule has 6 heteroatoms. The van der Waals surface area contributed by atoms with E-state index in [0.29, 0.717) is 13.1 Å². The van der Waals surface area contributed by atoms with E-state index in [4.69, 9.17) is 9.84 Å². The summed E-state index contributed by atoms with van der Waals surface area (Å²) in [4.78, 5) is 24.6. The van der Waals surface area contributed by atoms with Gasteiger partial charge in [0.2, 0.25) is 0 Å². The van der Waals surface area contributed by atoms with Crippen molar-refractivity contribution in [3.63, 3.8) is 0 Å². The molecule has 1 saturated heterocycles. The highest BCUT2D eigenvalue weighted by atomic mass is 16.5. The van der Waals surface area contributed by atoms with Crippen molar-refractivity contribution >= 4 is 12.0 Å². The van der Waals surface area contributed by atoms with Crippen LogP contribution >= 0.6 is 0 Å². The van der Waals surface area contributed by atoms with Crippen molar-refractivity contribution < 1.29 is 19.4 Å². The van der Waals surface area contributed by atoms with Crippen LogP contribution in [0.2, 0.25) is 0 Å². The monoisotopic (exact) mass is 258 g/mol. The number of carbonyl (C=O) groups excluding carboxylic acids is 1. The molecular weight excluding hydrogens is 236 g/mol. The molecule has 104 valence electrons. The van der Waals surface area contributed by atoms with Crippen LogP contribution in [0.4, 0.5) is 4.79 Å². The van der Waals surface area contributed by atoms with Crippen molar-refractivity contribution in [1.29, 1.82) is 0 Å². The van der Waals surface area contributed by atoms with Crippen LogP contribution in [0.25, 0.3) is 0 Å². The molecule has 0 aromatic carbocycles. The number of hydrogen-bond donors (Lipinski definition) is 2. The van der Waals surface area contributed by atoms with Gasteiger partial charge in [-0.15, -0.1) is 0 Å². The van der Waals surface area contributed by atoms with E-state index in [2.05, 4.69) is 5.32 Å². The third-order valence-electron chi connectivity index (χ3n) is 2.92. The highest BCUT2D eigenvalue weighted by molar-refractivity contribution is 5.82. The lowest BCUT2D eigenvalue weighted by Crippen LogP contribution is -2.55. The lowest BCUT2D eigenvalue weighted by atomic mass is 10.1. The summed E-state index contributed by atoms with van der Waals surface area (Å²) in [7, 11) is 0. The van der Waals surface area contributed by atoms with E-state index < -0.39 is 12.0 Å². The molecule has 2 amide bonds. The van der Waals surface area contributed by atoms with Gasteiger partial charge in [-0.1, -0.05) is 13.8 Å². The Labute approximate surface area is 107 Å². The number of rotatable bonds is 3. The first-order valence-electron chi connectivity index (χ1n) is 6.25. The Balaban J connectivity index is 2.61. The summed E-state index contributed by atoms with van der Waals surface area (Å²) in [5.74, 6) is -1.16. The highest BCUT2D eigenvalue weighted by Crippen LogP contribution is 2.11. The summed E-state index contributed by atoms with van der Waals surface area (Å²) in [6.45, 7) is 8.30. The van der Waals surface area contributed by atoms with E-state index in [1.54, 1.807) is 18.7 Å². The van der Waals surface area contributed by atoms with Gasteiger partial charge in [-0.3, -0.25) is 0 Å². The Kier molecular flexibility index (Phi) is 4.95. The van der Waals surface area contributed by atoms with Gasteiger partial charge in [0.05, 0.1) is 12.2 Å². The molecule has 1 aliphatic heterocycles. The Bertz CT molecular complexity index is 309. The maximum Gasteiger partial charge on any atom is 0.326 e. The van der Waals surface area contributed by atoms with Crippen molar-refractivity contribution in [1.82, 2.24) is 10.2 Å². The highest BCUT2D eigenvalue weighted by Gasteiger charge is 2.30. The third-order valence-corrected chi connectivity index (χ3v) is 2.92. The van der Waals surface area contributed by atoms with Crippen molar-refractivity contribution in [3.05, 3.63) is 0 Å². The van der Waals surface area contributed by atoms with Gasteiger partial charge in [-0.2, -0.15) is 0 Å². The van der Waals surface area contributed by atoms with Gasteiger partial charge >= 0.3 is 12.0 Å². The second-order valence-corrected chi connectivity index (χ2v) is 5.17. The first-order chi connectivity index (χ1) is 8.31. The molecule has 1 rings (SSSR count). The number of hydrogen-bond acceptors (Lipinski definition) is 3. The number of nitrogens with one attached hydrogen (secondary N) is 1. The van der Waals surface area contributed by atoms with E-state index >= 15 is 0 Å². The van der Waals surface area contributed by atoms with Crippen molar-refractivity contribution in [3.8, 4) is 0 Å². The Morgan fingerprint density at radius 2 is 1.78 bits per heavy atom. The molecule has 1 fully saturated rings. The lowest BCUT2D eigenvalue weighted by molar-refractivity contribution is -0.140. The topological polar surface area (TPSA) is 78.9 Å². The summed E-state index contributed by atoms with van der Waals surface area (Å²) in [5, 5.41) is 11.6. The van der Waals surface area contributed by atoms with Crippen molar-refractivity contribution in [2.75, 3.05) is 13.1 Å². The number of carboxylic acids is 1. The second-order valence-electron chi connectivity index (χ2n) is 5.17. The molecule has 0 bridgehead atoms. The zero-order valence-electron chi connectivity index (χ0n) is 11.3. The van der Waals surface area contributed by atoms with Crippen LogP contribution in [0.15, 0.2) is 0 Å². The number of morpholine rings is 1. The fraction of sp³-hybridized carbons (Fsp3) is 0.833. The first kappa shape index (κ1) is 14.8. The fourth-order valence-electron chi connectivity index (χ4n) is 2.08. The van der Waals surface area contributed by atoms with E-state index in [-0.39, 0.29) is 24.2 Å².